The molecule has 0 radical (unpaired) electrons. The van der Waals surface area contributed by atoms with E-state index in [4.69, 9.17) is 0 Å². The van der Waals surface area contributed by atoms with E-state index in [1.807, 2.05) is 24.3 Å². The van der Waals surface area contributed by atoms with Crippen LogP contribution in [0.5, 0.6) is 0 Å². The first-order valence-corrected chi connectivity index (χ1v) is 10.6. The molecule has 26 heavy (non-hydrogen) atoms. The molecule has 0 aliphatic carbocycles. The lowest BCUT2D eigenvalue weighted by Crippen LogP contribution is -2.27. The Morgan fingerprint density at radius 3 is 2.31 bits per heavy atom. The number of nitrogens with one attached hydrogen (secondary N) is 1. The zero-order chi connectivity index (χ0) is 19.2. The number of carbonyl (C=O) groups is 1. The number of nitrogens with zero attached hydrogens (tertiary/aromatic N) is 1. The fourth-order valence-electron chi connectivity index (χ4n) is 2.65. The minimum atomic E-state index is -3.45. The predicted octanol–water partition coefficient (Wildman–Crippen LogP) is 4.07. The average Bonchev–Trinajstić information content (AvgIpc) is 2.62. The summed E-state index contributed by atoms with van der Waals surface area (Å²) in [4.78, 5) is 12.6. The molecule has 0 atom stereocenters. The summed E-state index contributed by atoms with van der Waals surface area (Å²) in [5.74, 6) is -0.338. The molecule has 5 nitrogen and oxygen atoms in total. The van der Waals surface area contributed by atoms with Crippen molar-refractivity contribution in [3.05, 3.63) is 59.7 Å². The van der Waals surface area contributed by atoms with Crippen molar-refractivity contribution in [2.24, 2.45) is 0 Å². The number of para-hydroxylation sites is 1. The minimum absolute atomic E-state index is 0.312. The highest BCUT2D eigenvalue weighted by atomic mass is 32.2. The fraction of sp³-hybridized carbons (Fsp3) is 0.350. The molecule has 0 aliphatic rings. The molecule has 6 heteroatoms. The zero-order valence-corrected chi connectivity index (χ0v) is 16.3. The Kier molecular flexibility index (Phi) is 6.80. The average molecular weight is 375 g/mol. The summed E-state index contributed by atoms with van der Waals surface area (Å²) >= 11 is 0. The summed E-state index contributed by atoms with van der Waals surface area (Å²) in [5.41, 5.74) is 2.59. The van der Waals surface area contributed by atoms with Gasteiger partial charge in [0.25, 0.3) is 5.91 Å². The summed E-state index contributed by atoms with van der Waals surface area (Å²) in [5, 5.41) is 2.84. The SMILES string of the molecule is CCCCCc1ccc(NC(=O)c2ccccc2N(C)S(C)(=O)=O)cc1. The summed E-state index contributed by atoms with van der Waals surface area (Å²) < 4.78 is 24.7. The topological polar surface area (TPSA) is 66.5 Å². The first-order chi connectivity index (χ1) is 12.3. The van der Waals surface area contributed by atoms with Crippen LogP contribution >= 0.6 is 0 Å². The number of anilines is 2. The maximum Gasteiger partial charge on any atom is 0.257 e. The molecule has 140 valence electrons. The number of benzene rings is 2. The molecule has 0 saturated carbocycles. The van der Waals surface area contributed by atoms with Crippen LogP contribution in [0.25, 0.3) is 0 Å². The Morgan fingerprint density at radius 2 is 1.69 bits per heavy atom. The molecule has 0 unspecified atom stereocenters. The largest absolute Gasteiger partial charge is 0.322 e. The number of hydrogen-bond donors (Lipinski definition) is 1. The van der Waals surface area contributed by atoms with Crippen molar-refractivity contribution in [2.75, 3.05) is 22.9 Å². The molecule has 2 aromatic rings. The van der Waals surface area contributed by atoms with E-state index in [0.29, 0.717) is 16.9 Å². The number of amides is 1. The van der Waals surface area contributed by atoms with Crippen LogP contribution in [0.15, 0.2) is 48.5 Å². The summed E-state index contributed by atoms with van der Waals surface area (Å²) in [7, 11) is -2.01. The zero-order valence-electron chi connectivity index (χ0n) is 15.5. The maximum absolute atomic E-state index is 12.6. The van der Waals surface area contributed by atoms with Crippen molar-refractivity contribution in [2.45, 2.75) is 32.6 Å². The fourth-order valence-corrected chi connectivity index (χ4v) is 3.17. The van der Waals surface area contributed by atoms with Crippen LogP contribution in [-0.4, -0.2) is 27.6 Å². The third-order valence-electron chi connectivity index (χ3n) is 4.27. The molecule has 0 spiro atoms. The number of aryl methyl sites for hydroxylation is 1. The van der Waals surface area contributed by atoms with Crippen LogP contribution in [-0.2, 0) is 16.4 Å². The number of carbonyl (C=O) groups excluding carboxylic acids is 1. The van der Waals surface area contributed by atoms with Gasteiger partial charge < -0.3 is 5.32 Å². The van der Waals surface area contributed by atoms with Crippen LogP contribution in [0.4, 0.5) is 11.4 Å². The van der Waals surface area contributed by atoms with Crippen LogP contribution < -0.4 is 9.62 Å². The van der Waals surface area contributed by atoms with E-state index in [1.165, 1.54) is 25.5 Å². The smallest absolute Gasteiger partial charge is 0.257 e. The van der Waals surface area contributed by atoms with Gasteiger partial charge in [-0.2, -0.15) is 0 Å². The van der Waals surface area contributed by atoms with Gasteiger partial charge in [0.05, 0.1) is 17.5 Å². The number of hydrogen-bond acceptors (Lipinski definition) is 3. The van der Waals surface area contributed by atoms with Crippen LogP contribution in [0.1, 0.15) is 42.1 Å². The molecule has 0 aromatic heterocycles. The van der Waals surface area contributed by atoms with Gasteiger partial charge in [-0.15, -0.1) is 0 Å². The molecule has 0 saturated heterocycles. The standard InChI is InChI=1S/C20H26N2O3S/c1-4-5-6-9-16-12-14-17(15-13-16)21-20(23)18-10-7-8-11-19(18)22(2)26(3,24)25/h7-8,10-15H,4-6,9H2,1-3H3,(H,21,23). The van der Waals surface area contributed by atoms with Gasteiger partial charge in [0.15, 0.2) is 0 Å². The third kappa shape index (κ3) is 5.33. The monoisotopic (exact) mass is 374 g/mol. The highest BCUT2D eigenvalue weighted by Gasteiger charge is 2.19. The van der Waals surface area contributed by atoms with Crippen molar-refractivity contribution in [1.82, 2.24) is 0 Å². The minimum Gasteiger partial charge on any atom is -0.322 e. The van der Waals surface area contributed by atoms with E-state index in [0.717, 1.165) is 23.4 Å². The first-order valence-electron chi connectivity index (χ1n) is 8.76. The second-order valence-electron chi connectivity index (χ2n) is 6.36. The van der Waals surface area contributed by atoms with E-state index in [1.54, 1.807) is 24.3 Å². The van der Waals surface area contributed by atoms with Gasteiger partial charge in [-0.25, -0.2) is 8.42 Å². The van der Waals surface area contributed by atoms with Gasteiger partial charge in [0, 0.05) is 12.7 Å². The summed E-state index contributed by atoms with van der Waals surface area (Å²) in [6.07, 6.45) is 5.70. The van der Waals surface area contributed by atoms with Crippen LogP contribution in [0.2, 0.25) is 0 Å². The van der Waals surface area contributed by atoms with Gasteiger partial charge in [0.2, 0.25) is 10.0 Å². The van der Waals surface area contributed by atoms with Crippen molar-refractivity contribution >= 4 is 27.3 Å². The molecule has 0 heterocycles. The van der Waals surface area contributed by atoms with E-state index in [-0.39, 0.29) is 5.91 Å². The molecule has 0 aliphatic heterocycles. The molecular formula is C20H26N2O3S. The van der Waals surface area contributed by atoms with Crippen molar-refractivity contribution < 1.29 is 13.2 Å². The van der Waals surface area contributed by atoms with Crippen LogP contribution in [0, 0.1) is 0 Å². The Bertz CT molecular complexity index is 846. The highest BCUT2D eigenvalue weighted by Crippen LogP contribution is 2.23. The van der Waals surface area contributed by atoms with E-state index >= 15 is 0 Å². The van der Waals surface area contributed by atoms with E-state index in [9.17, 15) is 13.2 Å². The number of rotatable bonds is 8. The third-order valence-corrected chi connectivity index (χ3v) is 5.46. The van der Waals surface area contributed by atoms with Crippen molar-refractivity contribution in [3.63, 3.8) is 0 Å². The van der Waals surface area contributed by atoms with Gasteiger partial charge in [-0.3, -0.25) is 9.10 Å². The quantitative estimate of drug-likeness (QED) is 0.708. The molecule has 0 bridgehead atoms. The summed E-state index contributed by atoms with van der Waals surface area (Å²) in [6.45, 7) is 2.18. The number of sulfonamides is 1. The molecule has 2 aromatic carbocycles. The molecule has 1 amide bonds. The Morgan fingerprint density at radius 1 is 1.04 bits per heavy atom. The Balaban J connectivity index is 2.13. The summed E-state index contributed by atoms with van der Waals surface area (Å²) in [6, 6.07) is 14.4. The van der Waals surface area contributed by atoms with Gasteiger partial charge in [-0.1, -0.05) is 44.0 Å². The molecule has 0 fully saturated rings. The van der Waals surface area contributed by atoms with Gasteiger partial charge >= 0.3 is 0 Å². The van der Waals surface area contributed by atoms with Crippen molar-refractivity contribution in [1.29, 1.82) is 0 Å². The van der Waals surface area contributed by atoms with E-state index < -0.39 is 10.0 Å². The molecular weight excluding hydrogens is 348 g/mol. The Labute approximate surface area is 156 Å². The van der Waals surface area contributed by atoms with Crippen LogP contribution in [0.3, 0.4) is 0 Å². The van der Waals surface area contributed by atoms with Gasteiger partial charge in [0.1, 0.15) is 0 Å². The van der Waals surface area contributed by atoms with Crippen molar-refractivity contribution in [3.8, 4) is 0 Å². The Hall–Kier alpha value is -2.34. The van der Waals surface area contributed by atoms with Gasteiger partial charge in [-0.05, 0) is 42.7 Å². The first kappa shape index (κ1) is 20.0. The normalized spacial score (nSPS) is 11.2. The van der Waals surface area contributed by atoms with E-state index in [2.05, 4.69) is 12.2 Å². The second kappa shape index (κ2) is 8.85. The second-order valence-corrected chi connectivity index (χ2v) is 8.37. The molecule has 2 rings (SSSR count). The molecule has 1 N–H and O–H groups in total. The highest BCUT2D eigenvalue weighted by molar-refractivity contribution is 7.92. The lowest BCUT2D eigenvalue weighted by molar-refractivity contribution is 0.102. The lowest BCUT2D eigenvalue weighted by atomic mass is 10.1. The number of unbranched alkanes of at least 4 members (excludes halogenated alkanes) is 2. The maximum atomic E-state index is 12.6. The predicted molar refractivity (Wildman–Crippen MR) is 107 cm³/mol. The lowest BCUT2D eigenvalue weighted by Gasteiger charge is -2.19.